The first-order chi connectivity index (χ1) is 8.24. The third-order valence-corrected chi connectivity index (χ3v) is 3.30. The van der Waals surface area contributed by atoms with Crippen molar-refractivity contribution in [2.45, 2.75) is 39.5 Å². The van der Waals surface area contributed by atoms with Gasteiger partial charge in [-0.3, -0.25) is 0 Å². The fraction of sp³-hybridized carbons (Fsp3) is 1.00. The maximum absolute atomic E-state index is 5.69. The Morgan fingerprint density at radius 2 is 1.24 bits per heavy atom. The average molecular weight is 246 g/mol. The molecule has 0 aliphatic heterocycles. The zero-order valence-corrected chi connectivity index (χ0v) is 11.5. The first-order valence-electron chi connectivity index (χ1n) is 6.80. The fourth-order valence-corrected chi connectivity index (χ4v) is 1.65. The summed E-state index contributed by atoms with van der Waals surface area (Å²) in [5.41, 5.74) is 11.0. The Kier molecular flexibility index (Phi) is 10.9. The van der Waals surface area contributed by atoms with Crippen LogP contribution in [0.25, 0.3) is 0 Å². The first kappa shape index (κ1) is 16.8. The molecule has 0 radical (unpaired) electrons. The van der Waals surface area contributed by atoms with Crippen LogP contribution >= 0.6 is 0 Å². The molecule has 0 rings (SSSR count). The van der Waals surface area contributed by atoms with E-state index in [4.69, 9.17) is 20.9 Å². The lowest BCUT2D eigenvalue weighted by atomic mass is 9.84. The van der Waals surface area contributed by atoms with Gasteiger partial charge in [-0.05, 0) is 38.8 Å². The number of hydrogen-bond acceptors (Lipinski definition) is 4. The fourth-order valence-electron chi connectivity index (χ4n) is 1.65. The van der Waals surface area contributed by atoms with Gasteiger partial charge in [-0.15, -0.1) is 0 Å². The van der Waals surface area contributed by atoms with Crippen LogP contribution < -0.4 is 11.5 Å². The van der Waals surface area contributed by atoms with E-state index in [9.17, 15) is 0 Å². The Balaban J connectivity index is 3.88. The van der Waals surface area contributed by atoms with Crippen molar-refractivity contribution in [3.05, 3.63) is 0 Å². The highest BCUT2D eigenvalue weighted by Crippen LogP contribution is 2.27. The van der Waals surface area contributed by atoms with Crippen LogP contribution in [0.2, 0.25) is 0 Å². The number of rotatable bonds is 12. The molecule has 0 aliphatic carbocycles. The standard InChI is InChI=1S/C13H30N2O2/c1-3-13(4-2,11-16-9-5-7-14)12-17-10-6-8-15/h3-12,14-15H2,1-2H3. The number of ether oxygens (including phenoxy) is 2. The molecule has 0 amide bonds. The molecule has 0 bridgehead atoms. The maximum atomic E-state index is 5.69. The molecule has 0 atom stereocenters. The lowest BCUT2D eigenvalue weighted by Gasteiger charge is -2.31. The predicted octanol–water partition coefficient (Wildman–Crippen LogP) is 1.52. The van der Waals surface area contributed by atoms with Crippen LogP contribution in [0.15, 0.2) is 0 Å². The monoisotopic (exact) mass is 246 g/mol. The summed E-state index contributed by atoms with van der Waals surface area (Å²) in [6, 6.07) is 0. The minimum absolute atomic E-state index is 0.156. The summed E-state index contributed by atoms with van der Waals surface area (Å²) in [6.45, 7) is 8.81. The van der Waals surface area contributed by atoms with Crippen molar-refractivity contribution < 1.29 is 9.47 Å². The zero-order valence-electron chi connectivity index (χ0n) is 11.5. The average Bonchev–Trinajstić information content (AvgIpc) is 2.37. The van der Waals surface area contributed by atoms with E-state index < -0.39 is 0 Å². The quantitative estimate of drug-likeness (QED) is 0.512. The highest BCUT2D eigenvalue weighted by Gasteiger charge is 2.26. The largest absolute Gasteiger partial charge is 0.381 e. The van der Waals surface area contributed by atoms with Crippen LogP contribution in [-0.4, -0.2) is 39.5 Å². The second-order valence-corrected chi connectivity index (χ2v) is 4.60. The first-order valence-corrected chi connectivity index (χ1v) is 6.80. The van der Waals surface area contributed by atoms with Crippen molar-refractivity contribution in [2.24, 2.45) is 16.9 Å². The summed E-state index contributed by atoms with van der Waals surface area (Å²) in [6.07, 6.45) is 4.01. The topological polar surface area (TPSA) is 70.5 Å². The molecule has 0 aliphatic rings. The zero-order chi connectivity index (χ0) is 13.0. The van der Waals surface area contributed by atoms with Gasteiger partial charge in [0, 0.05) is 18.6 Å². The molecule has 0 aromatic carbocycles. The molecule has 0 saturated heterocycles. The molecular weight excluding hydrogens is 216 g/mol. The van der Waals surface area contributed by atoms with Gasteiger partial charge in [-0.1, -0.05) is 13.8 Å². The van der Waals surface area contributed by atoms with E-state index >= 15 is 0 Å². The van der Waals surface area contributed by atoms with Crippen LogP contribution in [0.3, 0.4) is 0 Å². The molecule has 0 saturated carbocycles. The smallest absolute Gasteiger partial charge is 0.0544 e. The van der Waals surface area contributed by atoms with E-state index in [0.29, 0.717) is 13.1 Å². The van der Waals surface area contributed by atoms with E-state index in [1.807, 2.05) is 0 Å². The summed E-state index contributed by atoms with van der Waals surface area (Å²) >= 11 is 0. The number of nitrogens with two attached hydrogens (primary N) is 2. The Bertz CT molecular complexity index is 147. The Labute approximate surface area is 106 Å². The van der Waals surface area contributed by atoms with Crippen LogP contribution in [0, 0.1) is 5.41 Å². The molecule has 17 heavy (non-hydrogen) atoms. The van der Waals surface area contributed by atoms with Gasteiger partial charge in [0.25, 0.3) is 0 Å². The number of hydrogen-bond donors (Lipinski definition) is 2. The SMILES string of the molecule is CCC(CC)(COCCCN)COCCCN. The molecule has 0 aromatic heterocycles. The Morgan fingerprint density at radius 1 is 0.824 bits per heavy atom. The molecule has 0 heterocycles. The van der Waals surface area contributed by atoms with E-state index in [1.165, 1.54) is 0 Å². The van der Waals surface area contributed by atoms with Gasteiger partial charge in [-0.25, -0.2) is 0 Å². The van der Waals surface area contributed by atoms with E-state index in [0.717, 1.165) is 52.1 Å². The van der Waals surface area contributed by atoms with Gasteiger partial charge >= 0.3 is 0 Å². The van der Waals surface area contributed by atoms with E-state index in [1.54, 1.807) is 0 Å². The lowest BCUT2D eigenvalue weighted by Crippen LogP contribution is -2.32. The highest BCUT2D eigenvalue weighted by atomic mass is 16.5. The van der Waals surface area contributed by atoms with Crippen LogP contribution in [0.5, 0.6) is 0 Å². The van der Waals surface area contributed by atoms with Gasteiger partial charge in [-0.2, -0.15) is 0 Å². The Hall–Kier alpha value is -0.160. The molecule has 0 unspecified atom stereocenters. The van der Waals surface area contributed by atoms with Gasteiger partial charge in [0.15, 0.2) is 0 Å². The van der Waals surface area contributed by atoms with Crippen molar-refractivity contribution in [3.8, 4) is 0 Å². The van der Waals surface area contributed by atoms with E-state index in [-0.39, 0.29) is 5.41 Å². The summed E-state index contributed by atoms with van der Waals surface area (Å²) < 4.78 is 11.4. The van der Waals surface area contributed by atoms with Crippen LogP contribution in [0.4, 0.5) is 0 Å². The van der Waals surface area contributed by atoms with Crippen molar-refractivity contribution in [1.82, 2.24) is 0 Å². The predicted molar refractivity (Wildman–Crippen MR) is 72.0 cm³/mol. The minimum atomic E-state index is 0.156. The second kappa shape index (κ2) is 11.0. The van der Waals surface area contributed by atoms with Crippen LogP contribution in [0.1, 0.15) is 39.5 Å². The molecule has 0 spiro atoms. The minimum Gasteiger partial charge on any atom is -0.381 e. The maximum Gasteiger partial charge on any atom is 0.0544 e. The normalized spacial score (nSPS) is 12.0. The highest BCUT2D eigenvalue weighted by molar-refractivity contribution is 4.76. The van der Waals surface area contributed by atoms with Gasteiger partial charge in [0.1, 0.15) is 0 Å². The molecule has 104 valence electrons. The van der Waals surface area contributed by atoms with Crippen molar-refractivity contribution in [3.63, 3.8) is 0 Å². The van der Waals surface area contributed by atoms with Gasteiger partial charge < -0.3 is 20.9 Å². The summed E-state index contributed by atoms with van der Waals surface area (Å²) in [5, 5.41) is 0. The lowest BCUT2D eigenvalue weighted by molar-refractivity contribution is -0.0276. The summed E-state index contributed by atoms with van der Waals surface area (Å²) in [4.78, 5) is 0. The summed E-state index contributed by atoms with van der Waals surface area (Å²) in [7, 11) is 0. The molecule has 4 heteroatoms. The second-order valence-electron chi connectivity index (χ2n) is 4.60. The Morgan fingerprint density at radius 3 is 1.53 bits per heavy atom. The molecule has 0 fully saturated rings. The van der Waals surface area contributed by atoms with Crippen molar-refractivity contribution in [1.29, 1.82) is 0 Å². The molecule has 0 aromatic rings. The van der Waals surface area contributed by atoms with Gasteiger partial charge in [0.05, 0.1) is 13.2 Å². The van der Waals surface area contributed by atoms with Crippen molar-refractivity contribution in [2.75, 3.05) is 39.5 Å². The van der Waals surface area contributed by atoms with Crippen LogP contribution in [-0.2, 0) is 9.47 Å². The molecular formula is C13H30N2O2. The molecule has 4 nitrogen and oxygen atoms in total. The third kappa shape index (κ3) is 7.71. The van der Waals surface area contributed by atoms with E-state index in [2.05, 4.69) is 13.8 Å². The molecule has 4 N–H and O–H groups in total. The third-order valence-electron chi connectivity index (χ3n) is 3.30. The van der Waals surface area contributed by atoms with Gasteiger partial charge in [0.2, 0.25) is 0 Å². The van der Waals surface area contributed by atoms with Crippen molar-refractivity contribution >= 4 is 0 Å². The summed E-state index contributed by atoms with van der Waals surface area (Å²) in [5.74, 6) is 0.